The maximum absolute atomic E-state index is 10.9. The van der Waals surface area contributed by atoms with Crippen molar-refractivity contribution >= 4 is 11.7 Å². The van der Waals surface area contributed by atoms with Crippen molar-refractivity contribution < 1.29 is 9.90 Å². The van der Waals surface area contributed by atoms with Crippen LogP contribution in [0, 0.1) is 20.8 Å². The highest BCUT2D eigenvalue weighted by Gasteiger charge is 2.14. The number of hydrogen-bond donors (Lipinski definition) is 3. The van der Waals surface area contributed by atoms with E-state index >= 15 is 0 Å². The Morgan fingerprint density at radius 2 is 1.94 bits per heavy atom. The molecule has 0 aliphatic rings. The van der Waals surface area contributed by atoms with Crippen LogP contribution < -0.4 is 10.6 Å². The topological polar surface area (TPSA) is 61.4 Å². The molecule has 3 N–H and O–H groups in total. The molecule has 1 aromatic carbocycles. The Bertz CT molecular complexity index is 416. The van der Waals surface area contributed by atoms with Gasteiger partial charge in [-0.1, -0.05) is 6.07 Å². The van der Waals surface area contributed by atoms with Crippen LogP contribution in [0.15, 0.2) is 12.1 Å². The van der Waals surface area contributed by atoms with Crippen molar-refractivity contribution in [3.05, 3.63) is 28.8 Å². The van der Waals surface area contributed by atoms with E-state index in [1.165, 1.54) is 16.7 Å². The summed E-state index contributed by atoms with van der Waals surface area (Å²) >= 11 is 0. The first-order chi connectivity index (χ1) is 7.97. The lowest BCUT2D eigenvalue weighted by molar-refractivity contribution is -0.138. The van der Waals surface area contributed by atoms with Crippen molar-refractivity contribution in [2.75, 3.05) is 18.9 Å². The summed E-state index contributed by atoms with van der Waals surface area (Å²) < 4.78 is 0. The highest BCUT2D eigenvalue weighted by Crippen LogP contribution is 2.21. The summed E-state index contributed by atoms with van der Waals surface area (Å²) in [7, 11) is 1.65. The number of carbonyl (C=O) groups is 1. The van der Waals surface area contributed by atoms with Gasteiger partial charge < -0.3 is 15.7 Å². The second kappa shape index (κ2) is 5.68. The molecule has 1 aromatic rings. The largest absolute Gasteiger partial charge is 0.480 e. The zero-order valence-corrected chi connectivity index (χ0v) is 10.8. The second-order valence-corrected chi connectivity index (χ2v) is 4.24. The van der Waals surface area contributed by atoms with E-state index < -0.39 is 12.0 Å². The smallest absolute Gasteiger partial charge is 0.322 e. The molecule has 0 radical (unpaired) electrons. The quantitative estimate of drug-likeness (QED) is 0.728. The summed E-state index contributed by atoms with van der Waals surface area (Å²) in [6.45, 7) is 6.55. The molecular formula is C13H20N2O2. The maximum Gasteiger partial charge on any atom is 0.322 e. The molecule has 1 rings (SSSR count). The third-order valence-corrected chi connectivity index (χ3v) is 3.20. The van der Waals surface area contributed by atoms with Crippen LogP contribution in [-0.4, -0.2) is 30.7 Å². The van der Waals surface area contributed by atoms with Gasteiger partial charge in [-0.3, -0.25) is 4.79 Å². The second-order valence-electron chi connectivity index (χ2n) is 4.24. The van der Waals surface area contributed by atoms with Crippen molar-refractivity contribution in [1.82, 2.24) is 5.32 Å². The first-order valence-electron chi connectivity index (χ1n) is 5.68. The van der Waals surface area contributed by atoms with Crippen LogP contribution in [0.4, 0.5) is 5.69 Å². The molecule has 1 unspecified atom stereocenters. The number of carboxylic acid groups (broad SMARTS) is 1. The summed E-state index contributed by atoms with van der Waals surface area (Å²) in [5.41, 5.74) is 4.66. The van der Waals surface area contributed by atoms with Crippen LogP contribution in [0.2, 0.25) is 0 Å². The van der Waals surface area contributed by atoms with E-state index in [0.717, 1.165) is 5.69 Å². The van der Waals surface area contributed by atoms with E-state index in [0.29, 0.717) is 6.54 Å². The van der Waals surface area contributed by atoms with Gasteiger partial charge in [0.1, 0.15) is 6.04 Å². The van der Waals surface area contributed by atoms with Crippen LogP contribution in [0.3, 0.4) is 0 Å². The number of aliphatic carboxylic acids is 1. The van der Waals surface area contributed by atoms with Gasteiger partial charge in [0, 0.05) is 12.2 Å². The van der Waals surface area contributed by atoms with Crippen LogP contribution >= 0.6 is 0 Å². The summed E-state index contributed by atoms with van der Waals surface area (Å²) in [5, 5.41) is 14.8. The normalized spacial score (nSPS) is 12.2. The van der Waals surface area contributed by atoms with Crippen molar-refractivity contribution in [1.29, 1.82) is 0 Å². The van der Waals surface area contributed by atoms with Gasteiger partial charge in [0.25, 0.3) is 0 Å². The zero-order chi connectivity index (χ0) is 13.0. The van der Waals surface area contributed by atoms with E-state index in [1.807, 2.05) is 19.1 Å². The molecule has 0 aromatic heterocycles. The van der Waals surface area contributed by atoms with E-state index in [-0.39, 0.29) is 0 Å². The fourth-order valence-electron chi connectivity index (χ4n) is 1.67. The Morgan fingerprint density at radius 3 is 2.47 bits per heavy atom. The Labute approximate surface area is 102 Å². The van der Waals surface area contributed by atoms with Crippen molar-refractivity contribution in [3.63, 3.8) is 0 Å². The van der Waals surface area contributed by atoms with Crippen LogP contribution in [-0.2, 0) is 4.79 Å². The first kappa shape index (κ1) is 13.5. The number of rotatable bonds is 5. The van der Waals surface area contributed by atoms with Crippen LogP contribution in [0.1, 0.15) is 16.7 Å². The standard InChI is InChI=1S/C13H20N2O2/c1-8-5-6-11(10(3)9(8)2)15-7-12(14-4)13(16)17/h5-6,12,14-15H,7H2,1-4H3,(H,16,17). The molecule has 4 nitrogen and oxygen atoms in total. The van der Waals surface area contributed by atoms with Crippen LogP contribution in [0.5, 0.6) is 0 Å². The summed E-state index contributed by atoms with van der Waals surface area (Å²) in [6.07, 6.45) is 0. The Hall–Kier alpha value is -1.55. The van der Waals surface area contributed by atoms with Crippen molar-refractivity contribution in [2.24, 2.45) is 0 Å². The fourth-order valence-corrected chi connectivity index (χ4v) is 1.67. The predicted molar refractivity (Wildman–Crippen MR) is 69.6 cm³/mol. The first-order valence-corrected chi connectivity index (χ1v) is 5.68. The lowest BCUT2D eigenvalue weighted by Gasteiger charge is -2.16. The Morgan fingerprint density at radius 1 is 1.29 bits per heavy atom. The summed E-state index contributed by atoms with van der Waals surface area (Å²) in [6, 6.07) is 3.46. The number of hydrogen-bond acceptors (Lipinski definition) is 3. The molecule has 0 saturated carbocycles. The molecule has 0 bridgehead atoms. The summed E-state index contributed by atoms with van der Waals surface area (Å²) in [4.78, 5) is 10.9. The average molecular weight is 236 g/mol. The minimum atomic E-state index is -0.846. The number of benzene rings is 1. The number of anilines is 1. The van der Waals surface area contributed by atoms with Gasteiger partial charge in [-0.2, -0.15) is 0 Å². The van der Waals surface area contributed by atoms with Crippen molar-refractivity contribution in [3.8, 4) is 0 Å². The Kier molecular flexibility index (Phi) is 4.52. The lowest BCUT2D eigenvalue weighted by atomic mass is 10.0. The predicted octanol–water partition coefficient (Wildman–Crippen LogP) is 1.70. The minimum absolute atomic E-state index is 0.370. The molecule has 94 valence electrons. The molecule has 0 heterocycles. The van der Waals surface area contributed by atoms with Gasteiger partial charge in [-0.05, 0) is 50.6 Å². The van der Waals surface area contributed by atoms with Gasteiger partial charge in [0.15, 0.2) is 0 Å². The molecule has 0 amide bonds. The van der Waals surface area contributed by atoms with E-state index in [4.69, 9.17) is 5.11 Å². The van der Waals surface area contributed by atoms with Gasteiger partial charge >= 0.3 is 5.97 Å². The SMILES string of the molecule is CNC(CNc1ccc(C)c(C)c1C)C(=O)O. The van der Waals surface area contributed by atoms with Gasteiger partial charge in [0.05, 0.1) is 0 Å². The van der Waals surface area contributed by atoms with E-state index in [9.17, 15) is 4.79 Å². The molecule has 17 heavy (non-hydrogen) atoms. The number of nitrogens with one attached hydrogen (secondary N) is 2. The van der Waals surface area contributed by atoms with Gasteiger partial charge in [-0.25, -0.2) is 0 Å². The molecule has 0 spiro atoms. The summed E-state index contributed by atoms with van der Waals surface area (Å²) in [5.74, 6) is -0.846. The highest BCUT2D eigenvalue weighted by atomic mass is 16.4. The van der Waals surface area contributed by atoms with Crippen LogP contribution in [0.25, 0.3) is 0 Å². The number of carboxylic acids is 1. The van der Waals surface area contributed by atoms with Crippen molar-refractivity contribution in [2.45, 2.75) is 26.8 Å². The highest BCUT2D eigenvalue weighted by molar-refractivity contribution is 5.74. The molecule has 0 aliphatic carbocycles. The van der Waals surface area contributed by atoms with E-state index in [1.54, 1.807) is 7.05 Å². The molecule has 4 heteroatoms. The number of aryl methyl sites for hydroxylation is 1. The Balaban J connectivity index is 2.76. The van der Waals surface area contributed by atoms with E-state index in [2.05, 4.69) is 24.5 Å². The van der Waals surface area contributed by atoms with Gasteiger partial charge in [0.2, 0.25) is 0 Å². The molecule has 1 atom stereocenters. The number of likely N-dealkylation sites (N-methyl/N-ethyl adjacent to an activating group) is 1. The third-order valence-electron chi connectivity index (χ3n) is 3.20. The molecule has 0 aliphatic heterocycles. The minimum Gasteiger partial charge on any atom is -0.480 e. The monoisotopic (exact) mass is 236 g/mol. The molecule has 0 saturated heterocycles. The molecular weight excluding hydrogens is 216 g/mol. The lowest BCUT2D eigenvalue weighted by Crippen LogP contribution is -2.39. The zero-order valence-electron chi connectivity index (χ0n) is 10.8. The third kappa shape index (κ3) is 3.20. The fraction of sp³-hybridized carbons (Fsp3) is 0.462. The maximum atomic E-state index is 10.9. The average Bonchev–Trinajstić information content (AvgIpc) is 2.29. The van der Waals surface area contributed by atoms with Gasteiger partial charge in [-0.15, -0.1) is 0 Å². The molecule has 0 fully saturated rings.